The number of rotatable bonds is 3. The smallest absolute Gasteiger partial charge is 0.325 e. The molecular formula is C20H23N3O3. The van der Waals surface area contributed by atoms with E-state index in [-0.39, 0.29) is 30.3 Å². The molecule has 2 aliphatic rings. The summed E-state index contributed by atoms with van der Waals surface area (Å²) in [4.78, 5) is 31.5. The van der Waals surface area contributed by atoms with E-state index in [1.807, 2.05) is 30.3 Å². The number of carbonyl (C=O) groups is 2. The molecular weight excluding hydrogens is 330 g/mol. The lowest BCUT2D eigenvalue weighted by atomic mass is 9.67. The number of oxazole rings is 1. The minimum Gasteiger partial charge on any atom is -0.444 e. The fourth-order valence-corrected chi connectivity index (χ4v) is 4.35. The number of aromatic nitrogens is 1. The molecule has 6 nitrogen and oxygen atoms in total. The van der Waals surface area contributed by atoms with Crippen LogP contribution in [0.15, 0.2) is 41.0 Å². The van der Waals surface area contributed by atoms with Crippen molar-refractivity contribution in [3.8, 4) is 11.5 Å². The zero-order chi connectivity index (χ0) is 18.3. The summed E-state index contributed by atoms with van der Waals surface area (Å²) in [5.74, 6) is 0.614. The molecule has 26 heavy (non-hydrogen) atoms. The highest BCUT2D eigenvalue weighted by Gasteiger charge is 2.58. The highest BCUT2D eigenvalue weighted by Crippen LogP contribution is 2.42. The maximum absolute atomic E-state index is 13.2. The summed E-state index contributed by atoms with van der Waals surface area (Å²) in [7, 11) is 0. The van der Waals surface area contributed by atoms with Crippen molar-refractivity contribution in [3.63, 3.8) is 0 Å². The van der Waals surface area contributed by atoms with Gasteiger partial charge in [0, 0.05) is 5.56 Å². The molecule has 1 spiro atoms. The van der Waals surface area contributed by atoms with E-state index < -0.39 is 5.54 Å². The molecule has 4 rings (SSSR count). The lowest BCUT2D eigenvalue weighted by Crippen LogP contribution is -2.58. The second kappa shape index (κ2) is 6.27. The van der Waals surface area contributed by atoms with Crippen LogP contribution >= 0.6 is 0 Å². The number of nitrogens with one attached hydrogen (secondary N) is 1. The molecule has 0 radical (unpaired) electrons. The molecule has 3 amide bonds. The second-order valence-electron chi connectivity index (χ2n) is 7.43. The van der Waals surface area contributed by atoms with Gasteiger partial charge in [0.15, 0.2) is 0 Å². The van der Waals surface area contributed by atoms with Crippen molar-refractivity contribution < 1.29 is 14.0 Å². The number of carbonyl (C=O) groups excluding carboxylic acids is 2. The van der Waals surface area contributed by atoms with Gasteiger partial charge in [-0.05, 0) is 36.8 Å². The van der Waals surface area contributed by atoms with E-state index in [4.69, 9.17) is 4.42 Å². The second-order valence-corrected chi connectivity index (χ2v) is 7.43. The van der Waals surface area contributed by atoms with Crippen LogP contribution in [0, 0.1) is 11.8 Å². The zero-order valence-electron chi connectivity index (χ0n) is 15.1. The molecule has 1 aromatic heterocycles. The van der Waals surface area contributed by atoms with E-state index in [0.717, 1.165) is 24.8 Å². The molecule has 6 heteroatoms. The first-order valence-corrected chi connectivity index (χ1v) is 9.16. The first-order chi connectivity index (χ1) is 12.5. The van der Waals surface area contributed by atoms with Gasteiger partial charge in [-0.1, -0.05) is 38.5 Å². The predicted molar refractivity (Wildman–Crippen MR) is 95.9 cm³/mol. The van der Waals surface area contributed by atoms with Gasteiger partial charge in [0.1, 0.15) is 11.8 Å². The Bertz CT molecular complexity index is 820. The number of imide groups is 1. The van der Waals surface area contributed by atoms with Crippen molar-refractivity contribution in [2.24, 2.45) is 11.8 Å². The molecule has 2 atom stereocenters. The van der Waals surface area contributed by atoms with Crippen molar-refractivity contribution in [1.29, 1.82) is 0 Å². The molecule has 1 saturated carbocycles. The van der Waals surface area contributed by atoms with Crippen LogP contribution in [-0.4, -0.2) is 27.4 Å². The van der Waals surface area contributed by atoms with Gasteiger partial charge >= 0.3 is 6.03 Å². The standard InChI is InChI=1S/C20H23N3O3/c1-13-7-6-8-14(2)20(13)18(24)23(19(25)22-20)11-16-12-26-17(21-16)15-9-4-3-5-10-15/h3-5,9-10,12-14H,6-8,11H2,1-2H3,(H,22,25). The minimum atomic E-state index is -0.776. The Morgan fingerprint density at radius 2 is 1.88 bits per heavy atom. The number of amides is 3. The third-order valence-corrected chi connectivity index (χ3v) is 5.88. The van der Waals surface area contributed by atoms with Crippen molar-refractivity contribution >= 4 is 11.9 Å². The molecule has 1 aromatic carbocycles. The Labute approximate surface area is 152 Å². The summed E-state index contributed by atoms with van der Waals surface area (Å²) in [5.41, 5.74) is 0.656. The fraction of sp³-hybridized carbons (Fsp3) is 0.450. The molecule has 2 aromatic rings. The topological polar surface area (TPSA) is 75.4 Å². The summed E-state index contributed by atoms with van der Waals surface area (Å²) < 4.78 is 5.53. The molecule has 1 N–H and O–H groups in total. The highest BCUT2D eigenvalue weighted by atomic mass is 16.3. The van der Waals surface area contributed by atoms with Gasteiger partial charge in [0.25, 0.3) is 5.91 Å². The minimum absolute atomic E-state index is 0.127. The normalized spacial score (nSPS) is 28.6. The molecule has 136 valence electrons. The van der Waals surface area contributed by atoms with Crippen molar-refractivity contribution in [2.45, 2.75) is 45.2 Å². The number of nitrogens with zero attached hydrogens (tertiary/aromatic N) is 2. The monoisotopic (exact) mass is 353 g/mol. The molecule has 2 unspecified atom stereocenters. The Morgan fingerprint density at radius 3 is 2.58 bits per heavy atom. The van der Waals surface area contributed by atoms with E-state index in [1.54, 1.807) is 0 Å². The Balaban J connectivity index is 1.57. The lowest BCUT2D eigenvalue weighted by Gasteiger charge is -2.42. The van der Waals surface area contributed by atoms with Crippen LogP contribution < -0.4 is 5.32 Å². The molecule has 1 saturated heterocycles. The van der Waals surface area contributed by atoms with Crippen molar-refractivity contribution in [3.05, 3.63) is 42.3 Å². The van der Waals surface area contributed by atoms with Gasteiger partial charge in [-0.25, -0.2) is 9.78 Å². The first kappa shape index (κ1) is 16.8. The maximum Gasteiger partial charge on any atom is 0.325 e. The molecule has 1 aliphatic heterocycles. The highest BCUT2D eigenvalue weighted by molar-refractivity contribution is 6.07. The quantitative estimate of drug-likeness (QED) is 0.856. The van der Waals surface area contributed by atoms with E-state index in [0.29, 0.717) is 11.6 Å². The summed E-state index contributed by atoms with van der Waals surface area (Å²) in [6.07, 6.45) is 4.51. The SMILES string of the molecule is CC1CCCC(C)C12NC(=O)N(Cc1coc(-c3ccccc3)n1)C2=O. The van der Waals surface area contributed by atoms with Gasteiger partial charge in [0.05, 0.1) is 12.2 Å². The van der Waals surface area contributed by atoms with Crippen LogP contribution in [0.1, 0.15) is 38.8 Å². The Kier molecular flexibility index (Phi) is 4.05. The number of hydrogen-bond acceptors (Lipinski definition) is 4. The predicted octanol–water partition coefficient (Wildman–Crippen LogP) is 3.59. The molecule has 2 heterocycles. The van der Waals surface area contributed by atoms with E-state index in [9.17, 15) is 9.59 Å². The van der Waals surface area contributed by atoms with Gasteiger partial charge in [-0.2, -0.15) is 0 Å². The van der Waals surface area contributed by atoms with E-state index in [2.05, 4.69) is 24.1 Å². The summed E-state index contributed by atoms with van der Waals surface area (Å²) in [5, 5.41) is 3.01. The fourth-order valence-electron chi connectivity index (χ4n) is 4.35. The van der Waals surface area contributed by atoms with Crippen molar-refractivity contribution in [2.75, 3.05) is 0 Å². The van der Waals surface area contributed by atoms with E-state index in [1.165, 1.54) is 11.2 Å². The van der Waals surface area contributed by atoms with Crippen LogP contribution in [0.25, 0.3) is 11.5 Å². The van der Waals surface area contributed by atoms with Gasteiger partial charge in [-0.15, -0.1) is 0 Å². The summed E-state index contributed by atoms with van der Waals surface area (Å²) >= 11 is 0. The van der Waals surface area contributed by atoms with Crippen LogP contribution in [0.2, 0.25) is 0 Å². The summed E-state index contributed by atoms with van der Waals surface area (Å²) in [6, 6.07) is 9.22. The lowest BCUT2D eigenvalue weighted by molar-refractivity contribution is -0.137. The maximum atomic E-state index is 13.2. The molecule has 1 aliphatic carbocycles. The average Bonchev–Trinajstić information content (AvgIpc) is 3.20. The van der Waals surface area contributed by atoms with E-state index >= 15 is 0 Å². The molecule has 0 bridgehead atoms. The third kappa shape index (κ3) is 2.52. The van der Waals surface area contributed by atoms with Crippen LogP contribution in [0.5, 0.6) is 0 Å². The summed E-state index contributed by atoms with van der Waals surface area (Å²) in [6.45, 7) is 4.24. The molecule has 2 fully saturated rings. The van der Waals surface area contributed by atoms with Gasteiger partial charge in [0.2, 0.25) is 5.89 Å². The number of urea groups is 1. The Morgan fingerprint density at radius 1 is 1.19 bits per heavy atom. The zero-order valence-corrected chi connectivity index (χ0v) is 15.1. The number of benzene rings is 1. The van der Waals surface area contributed by atoms with Gasteiger partial charge < -0.3 is 9.73 Å². The van der Waals surface area contributed by atoms with Crippen LogP contribution in [-0.2, 0) is 11.3 Å². The third-order valence-electron chi connectivity index (χ3n) is 5.88. The first-order valence-electron chi connectivity index (χ1n) is 9.16. The Hall–Kier alpha value is -2.63. The van der Waals surface area contributed by atoms with Crippen LogP contribution in [0.3, 0.4) is 0 Å². The van der Waals surface area contributed by atoms with Gasteiger partial charge in [-0.3, -0.25) is 9.69 Å². The largest absolute Gasteiger partial charge is 0.444 e. The average molecular weight is 353 g/mol. The van der Waals surface area contributed by atoms with Crippen molar-refractivity contribution in [1.82, 2.24) is 15.2 Å². The van der Waals surface area contributed by atoms with Crippen LogP contribution in [0.4, 0.5) is 4.79 Å². The number of hydrogen-bond donors (Lipinski definition) is 1.